The summed E-state index contributed by atoms with van der Waals surface area (Å²) in [6.45, 7) is -0.313. The lowest BCUT2D eigenvalue weighted by molar-refractivity contribution is -0.117. The normalized spacial score (nSPS) is 10.2. The van der Waals surface area contributed by atoms with Gasteiger partial charge >= 0.3 is 0 Å². The highest BCUT2D eigenvalue weighted by Gasteiger charge is 2.11. The summed E-state index contributed by atoms with van der Waals surface area (Å²) in [7, 11) is 1.53. The van der Waals surface area contributed by atoms with Gasteiger partial charge in [0.2, 0.25) is 5.91 Å². The fourth-order valence-corrected chi connectivity index (χ4v) is 2.01. The molecule has 0 aliphatic heterocycles. The van der Waals surface area contributed by atoms with Crippen molar-refractivity contribution in [3.63, 3.8) is 0 Å². The van der Waals surface area contributed by atoms with E-state index >= 15 is 0 Å². The molecule has 9 heteroatoms. The first-order chi connectivity index (χ1) is 10.9. The Bertz CT molecular complexity index is 803. The molecule has 1 aromatic heterocycles. The van der Waals surface area contributed by atoms with Crippen LogP contribution in [-0.4, -0.2) is 28.6 Å². The van der Waals surface area contributed by atoms with Gasteiger partial charge in [0.05, 0.1) is 11.2 Å². The maximum absolute atomic E-state index is 11.9. The Labute approximate surface area is 141 Å². The van der Waals surface area contributed by atoms with Gasteiger partial charge in [-0.05, 0) is 24.3 Å². The number of hydrogen-bond donors (Lipinski definition) is 2. The highest BCUT2D eigenvalue weighted by molar-refractivity contribution is 6.41. The summed E-state index contributed by atoms with van der Waals surface area (Å²) in [6.07, 6.45) is 1.19. The second-order valence-corrected chi connectivity index (χ2v) is 5.26. The van der Waals surface area contributed by atoms with Crippen molar-refractivity contribution in [3.05, 3.63) is 56.4 Å². The van der Waals surface area contributed by atoms with Gasteiger partial charge in [0, 0.05) is 18.3 Å². The van der Waals surface area contributed by atoms with Crippen LogP contribution in [0.15, 0.2) is 35.3 Å². The second-order valence-electron chi connectivity index (χ2n) is 4.47. The SMILES string of the molecule is CNC(=O)c1ccc(NC(=O)Cn2ncc(Cl)c(Cl)c2=O)cc1. The molecule has 120 valence electrons. The molecule has 0 saturated heterocycles. The van der Waals surface area contributed by atoms with Gasteiger partial charge in [0.25, 0.3) is 11.5 Å². The number of rotatable bonds is 4. The molecule has 7 nitrogen and oxygen atoms in total. The summed E-state index contributed by atoms with van der Waals surface area (Å²) in [4.78, 5) is 35.1. The van der Waals surface area contributed by atoms with Crippen LogP contribution in [0, 0.1) is 0 Å². The average molecular weight is 355 g/mol. The predicted octanol–water partition coefficient (Wildman–Crippen LogP) is 1.55. The topological polar surface area (TPSA) is 93.1 Å². The van der Waals surface area contributed by atoms with Gasteiger partial charge in [-0.1, -0.05) is 23.2 Å². The van der Waals surface area contributed by atoms with Crippen LogP contribution in [0.25, 0.3) is 0 Å². The minimum absolute atomic E-state index is 0.0260. The highest BCUT2D eigenvalue weighted by atomic mass is 35.5. The predicted molar refractivity (Wildman–Crippen MR) is 87.0 cm³/mol. The summed E-state index contributed by atoms with van der Waals surface area (Å²) >= 11 is 11.4. The van der Waals surface area contributed by atoms with Gasteiger partial charge in [-0.3, -0.25) is 14.4 Å². The molecule has 2 amide bonds. The Morgan fingerprint density at radius 3 is 2.48 bits per heavy atom. The first-order valence-corrected chi connectivity index (χ1v) is 7.21. The summed E-state index contributed by atoms with van der Waals surface area (Å²) in [5.41, 5.74) is 0.299. The Morgan fingerprint density at radius 2 is 1.87 bits per heavy atom. The van der Waals surface area contributed by atoms with Crippen LogP contribution in [0.5, 0.6) is 0 Å². The van der Waals surface area contributed by atoms with E-state index in [0.29, 0.717) is 11.3 Å². The molecule has 0 bridgehead atoms. The Morgan fingerprint density at radius 1 is 1.22 bits per heavy atom. The van der Waals surface area contributed by atoms with Crippen molar-refractivity contribution in [2.75, 3.05) is 12.4 Å². The Balaban J connectivity index is 2.07. The van der Waals surface area contributed by atoms with Crippen molar-refractivity contribution in [2.24, 2.45) is 0 Å². The zero-order valence-corrected chi connectivity index (χ0v) is 13.5. The van der Waals surface area contributed by atoms with Crippen LogP contribution >= 0.6 is 23.2 Å². The van der Waals surface area contributed by atoms with Crippen LogP contribution in [0.4, 0.5) is 5.69 Å². The van der Waals surface area contributed by atoms with Crippen LogP contribution in [0.1, 0.15) is 10.4 Å². The summed E-state index contributed by atoms with van der Waals surface area (Å²) in [5.74, 6) is -0.694. The average Bonchev–Trinajstić information content (AvgIpc) is 2.55. The third-order valence-corrected chi connectivity index (χ3v) is 3.64. The molecule has 23 heavy (non-hydrogen) atoms. The molecule has 1 aromatic carbocycles. The number of halogens is 2. The maximum atomic E-state index is 11.9. The molecule has 0 fully saturated rings. The van der Waals surface area contributed by atoms with E-state index in [-0.39, 0.29) is 22.5 Å². The Hall–Kier alpha value is -2.38. The lowest BCUT2D eigenvalue weighted by Gasteiger charge is -2.08. The molecule has 2 N–H and O–H groups in total. The summed E-state index contributed by atoms with van der Waals surface area (Å²) in [6, 6.07) is 6.29. The van der Waals surface area contributed by atoms with E-state index in [9.17, 15) is 14.4 Å². The van der Waals surface area contributed by atoms with Crippen LogP contribution < -0.4 is 16.2 Å². The molecule has 0 atom stereocenters. The third kappa shape index (κ3) is 4.08. The van der Waals surface area contributed by atoms with Gasteiger partial charge in [0.15, 0.2) is 0 Å². The number of carbonyl (C=O) groups is 2. The maximum Gasteiger partial charge on any atom is 0.287 e. The minimum atomic E-state index is -0.649. The second kappa shape index (κ2) is 7.26. The number of anilines is 1. The quantitative estimate of drug-likeness (QED) is 0.870. The molecule has 0 spiro atoms. The van der Waals surface area contributed by atoms with E-state index < -0.39 is 11.5 Å². The Kier molecular flexibility index (Phi) is 5.36. The number of amides is 2. The molecular weight excluding hydrogens is 343 g/mol. The molecule has 2 aromatic rings. The van der Waals surface area contributed by atoms with E-state index in [1.54, 1.807) is 24.3 Å². The van der Waals surface area contributed by atoms with E-state index in [4.69, 9.17) is 23.2 Å². The minimum Gasteiger partial charge on any atom is -0.355 e. The molecule has 2 rings (SSSR count). The first kappa shape index (κ1) is 17.0. The van der Waals surface area contributed by atoms with Crippen LogP contribution in [-0.2, 0) is 11.3 Å². The number of benzene rings is 1. The van der Waals surface area contributed by atoms with Crippen LogP contribution in [0.3, 0.4) is 0 Å². The number of carbonyl (C=O) groups excluding carboxylic acids is 2. The van der Waals surface area contributed by atoms with Gasteiger partial charge in [-0.25, -0.2) is 4.68 Å². The van der Waals surface area contributed by atoms with Crippen LogP contribution in [0.2, 0.25) is 10.0 Å². The number of aromatic nitrogens is 2. The van der Waals surface area contributed by atoms with Gasteiger partial charge < -0.3 is 10.6 Å². The smallest absolute Gasteiger partial charge is 0.287 e. The molecule has 0 aliphatic rings. The lowest BCUT2D eigenvalue weighted by Crippen LogP contribution is -2.29. The molecule has 0 unspecified atom stereocenters. The molecular formula is C14H12Cl2N4O3. The standard InChI is InChI=1S/C14H12Cl2N4O3/c1-17-13(22)8-2-4-9(5-3-8)19-11(21)7-20-14(23)12(16)10(15)6-18-20/h2-6H,7H2,1H3,(H,17,22)(H,19,21). The summed E-state index contributed by atoms with van der Waals surface area (Å²) in [5, 5.41) is 8.66. The van der Waals surface area contributed by atoms with Gasteiger partial charge in [-0.15, -0.1) is 0 Å². The van der Waals surface area contributed by atoms with E-state index in [0.717, 1.165) is 4.68 Å². The van der Waals surface area contributed by atoms with E-state index in [2.05, 4.69) is 15.7 Å². The van der Waals surface area contributed by atoms with Gasteiger partial charge in [-0.2, -0.15) is 5.10 Å². The van der Waals surface area contributed by atoms with Crippen molar-refractivity contribution < 1.29 is 9.59 Å². The van der Waals surface area contributed by atoms with E-state index in [1.165, 1.54) is 13.2 Å². The van der Waals surface area contributed by atoms with Crippen molar-refractivity contribution >= 4 is 40.7 Å². The largest absolute Gasteiger partial charge is 0.355 e. The van der Waals surface area contributed by atoms with Crippen molar-refractivity contribution in [1.82, 2.24) is 15.1 Å². The zero-order valence-electron chi connectivity index (χ0n) is 12.0. The molecule has 0 aliphatic carbocycles. The lowest BCUT2D eigenvalue weighted by atomic mass is 10.2. The van der Waals surface area contributed by atoms with Gasteiger partial charge in [0.1, 0.15) is 11.6 Å². The fraction of sp³-hybridized carbons (Fsp3) is 0.143. The van der Waals surface area contributed by atoms with Crippen molar-refractivity contribution in [3.8, 4) is 0 Å². The van der Waals surface area contributed by atoms with E-state index in [1.807, 2.05) is 0 Å². The zero-order chi connectivity index (χ0) is 17.0. The summed E-state index contributed by atoms with van der Waals surface area (Å²) < 4.78 is 0.905. The number of nitrogens with one attached hydrogen (secondary N) is 2. The van der Waals surface area contributed by atoms with Crippen molar-refractivity contribution in [1.29, 1.82) is 0 Å². The fourth-order valence-electron chi connectivity index (χ4n) is 1.74. The molecule has 0 saturated carbocycles. The molecule has 0 radical (unpaired) electrons. The number of nitrogens with zero attached hydrogens (tertiary/aromatic N) is 2. The first-order valence-electron chi connectivity index (χ1n) is 6.45. The third-order valence-electron chi connectivity index (χ3n) is 2.89. The number of hydrogen-bond acceptors (Lipinski definition) is 4. The van der Waals surface area contributed by atoms with Crippen molar-refractivity contribution in [2.45, 2.75) is 6.54 Å². The monoisotopic (exact) mass is 354 g/mol. The highest BCUT2D eigenvalue weighted by Crippen LogP contribution is 2.14. The molecule has 1 heterocycles.